The Kier molecular flexibility index (Phi) is 12.1. The minimum atomic E-state index is 0. The van der Waals surface area contributed by atoms with Crippen LogP contribution in [0.25, 0.3) is 0 Å². The van der Waals surface area contributed by atoms with Crippen LogP contribution in [0.5, 0.6) is 0 Å². The molecule has 2 rings (SSSR count). The molecule has 3 N–H and O–H groups in total. The smallest absolute Gasteiger partial charge is 0.221 e. The van der Waals surface area contributed by atoms with E-state index in [1.807, 2.05) is 13.0 Å². The van der Waals surface area contributed by atoms with Gasteiger partial charge in [0.2, 0.25) is 5.91 Å². The lowest BCUT2D eigenvalue weighted by Gasteiger charge is -2.22. The van der Waals surface area contributed by atoms with Crippen molar-refractivity contribution >= 4 is 35.8 Å². The molecule has 5 nitrogen and oxygen atoms in total. The molecule has 0 heterocycles. The molecule has 1 fully saturated rings. The summed E-state index contributed by atoms with van der Waals surface area (Å²) in [6.07, 6.45) is 6.51. The molecule has 1 aliphatic carbocycles. The average Bonchev–Trinajstić information content (AvgIpc) is 2.67. The highest BCUT2D eigenvalue weighted by Gasteiger charge is 2.15. The largest absolute Gasteiger partial charge is 0.357 e. The third kappa shape index (κ3) is 9.44. The van der Waals surface area contributed by atoms with E-state index < -0.39 is 0 Å². The number of halogens is 1. The molecule has 0 saturated heterocycles. The Morgan fingerprint density at radius 2 is 1.85 bits per heavy atom. The summed E-state index contributed by atoms with van der Waals surface area (Å²) in [6.45, 7) is 6.35. The van der Waals surface area contributed by atoms with Crippen molar-refractivity contribution in [1.29, 1.82) is 0 Å². The number of amides is 1. The SMILES string of the molecule is CCNC(=NCC(C)c1ccccc1)NCCC(=O)NC1CCCCC1.I. The van der Waals surface area contributed by atoms with Crippen LogP contribution in [-0.2, 0) is 4.79 Å². The van der Waals surface area contributed by atoms with Crippen LogP contribution in [0, 0.1) is 0 Å². The molecular weight excluding hydrogens is 451 g/mol. The molecule has 152 valence electrons. The Labute approximate surface area is 181 Å². The van der Waals surface area contributed by atoms with Gasteiger partial charge in [-0.2, -0.15) is 0 Å². The summed E-state index contributed by atoms with van der Waals surface area (Å²) in [4.78, 5) is 16.8. The van der Waals surface area contributed by atoms with Gasteiger partial charge >= 0.3 is 0 Å². The molecule has 0 radical (unpaired) electrons. The number of hydrogen-bond acceptors (Lipinski definition) is 2. The van der Waals surface area contributed by atoms with Gasteiger partial charge in [0.25, 0.3) is 0 Å². The van der Waals surface area contributed by atoms with Gasteiger partial charge < -0.3 is 16.0 Å². The van der Waals surface area contributed by atoms with Crippen LogP contribution in [0.2, 0.25) is 0 Å². The number of nitrogens with one attached hydrogen (secondary N) is 3. The maximum Gasteiger partial charge on any atom is 0.221 e. The monoisotopic (exact) mass is 486 g/mol. The minimum Gasteiger partial charge on any atom is -0.357 e. The molecule has 27 heavy (non-hydrogen) atoms. The summed E-state index contributed by atoms with van der Waals surface area (Å²) in [5.41, 5.74) is 1.29. The van der Waals surface area contributed by atoms with Crippen LogP contribution in [0.15, 0.2) is 35.3 Å². The van der Waals surface area contributed by atoms with E-state index in [0.717, 1.165) is 25.3 Å². The Morgan fingerprint density at radius 3 is 2.52 bits per heavy atom. The van der Waals surface area contributed by atoms with Crippen molar-refractivity contribution in [3.63, 3.8) is 0 Å². The van der Waals surface area contributed by atoms with E-state index >= 15 is 0 Å². The normalized spacial score (nSPS) is 16.1. The first-order valence-corrected chi connectivity index (χ1v) is 10.1. The van der Waals surface area contributed by atoms with Crippen molar-refractivity contribution in [3.05, 3.63) is 35.9 Å². The minimum absolute atomic E-state index is 0. The molecule has 0 aliphatic heterocycles. The van der Waals surface area contributed by atoms with Crippen molar-refractivity contribution < 1.29 is 4.79 Å². The number of guanidine groups is 1. The van der Waals surface area contributed by atoms with Crippen molar-refractivity contribution in [2.24, 2.45) is 4.99 Å². The van der Waals surface area contributed by atoms with E-state index in [9.17, 15) is 4.79 Å². The number of aliphatic imine (C=N–C) groups is 1. The molecule has 1 aliphatic rings. The first-order valence-electron chi connectivity index (χ1n) is 10.1. The van der Waals surface area contributed by atoms with Gasteiger partial charge in [-0.1, -0.05) is 56.5 Å². The highest BCUT2D eigenvalue weighted by molar-refractivity contribution is 14.0. The van der Waals surface area contributed by atoms with Crippen molar-refractivity contribution in [1.82, 2.24) is 16.0 Å². The van der Waals surface area contributed by atoms with Crippen LogP contribution >= 0.6 is 24.0 Å². The topological polar surface area (TPSA) is 65.5 Å². The van der Waals surface area contributed by atoms with E-state index in [1.54, 1.807) is 0 Å². The van der Waals surface area contributed by atoms with Crippen LogP contribution < -0.4 is 16.0 Å². The van der Waals surface area contributed by atoms with Crippen molar-refractivity contribution in [2.45, 2.75) is 64.3 Å². The molecule has 1 saturated carbocycles. The molecule has 0 bridgehead atoms. The number of benzene rings is 1. The van der Waals surface area contributed by atoms with Gasteiger partial charge in [-0.25, -0.2) is 0 Å². The van der Waals surface area contributed by atoms with Crippen LogP contribution in [0.4, 0.5) is 0 Å². The van der Waals surface area contributed by atoms with Gasteiger partial charge in [-0.3, -0.25) is 9.79 Å². The Balaban J connectivity index is 0.00000364. The number of rotatable bonds is 8. The summed E-state index contributed by atoms with van der Waals surface area (Å²) in [5, 5.41) is 9.68. The molecule has 1 aromatic carbocycles. The molecule has 1 unspecified atom stereocenters. The van der Waals surface area contributed by atoms with Gasteiger partial charge in [0, 0.05) is 38.0 Å². The Hall–Kier alpha value is -1.31. The van der Waals surface area contributed by atoms with Gasteiger partial charge in [0.05, 0.1) is 0 Å². The van der Waals surface area contributed by atoms with Gasteiger partial charge in [0.1, 0.15) is 0 Å². The highest BCUT2D eigenvalue weighted by atomic mass is 127. The summed E-state index contributed by atoms with van der Waals surface area (Å²) >= 11 is 0. The molecule has 0 aromatic heterocycles. The second-order valence-electron chi connectivity index (χ2n) is 7.11. The van der Waals surface area contributed by atoms with E-state index in [2.05, 4.69) is 52.1 Å². The third-order valence-corrected chi connectivity index (χ3v) is 4.85. The molecule has 1 atom stereocenters. The lowest BCUT2D eigenvalue weighted by molar-refractivity contribution is -0.121. The van der Waals surface area contributed by atoms with Crippen molar-refractivity contribution in [2.75, 3.05) is 19.6 Å². The number of carbonyl (C=O) groups excluding carboxylic acids is 1. The standard InChI is InChI=1S/C21H34N4O.HI/c1-3-22-21(24-16-17(2)18-10-6-4-7-11-18)23-15-14-20(26)25-19-12-8-5-9-13-19;/h4,6-7,10-11,17,19H,3,5,8-9,12-16H2,1-2H3,(H,25,26)(H2,22,23,24);1H. The number of carbonyl (C=O) groups is 1. The molecule has 6 heteroatoms. The van der Waals surface area contributed by atoms with Crippen LogP contribution in [0.1, 0.15) is 63.9 Å². The van der Waals surface area contributed by atoms with E-state index in [-0.39, 0.29) is 29.9 Å². The molecule has 1 amide bonds. The number of hydrogen-bond donors (Lipinski definition) is 3. The second-order valence-corrected chi connectivity index (χ2v) is 7.11. The Bertz CT molecular complexity index is 559. The quantitative estimate of drug-likeness (QED) is 0.298. The van der Waals surface area contributed by atoms with E-state index in [4.69, 9.17) is 0 Å². The first kappa shape index (κ1) is 23.7. The zero-order valence-electron chi connectivity index (χ0n) is 16.7. The van der Waals surface area contributed by atoms with E-state index in [1.165, 1.54) is 24.8 Å². The summed E-state index contributed by atoms with van der Waals surface area (Å²) in [5.74, 6) is 1.28. The summed E-state index contributed by atoms with van der Waals surface area (Å²) < 4.78 is 0. The molecule has 0 spiro atoms. The van der Waals surface area contributed by atoms with Crippen LogP contribution in [0.3, 0.4) is 0 Å². The summed E-state index contributed by atoms with van der Waals surface area (Å²) in [7, 11) is 0. The summed E-state index contributed by atoms with van der Waals surface area (Å²) in [6, 6.07) is 10.8. The predicted octanol–water partition coefficient (Wildman–Crippen LogP) is 3.80. The highest BCUT2D eigenvalue weighted by Crippen LogP contribution is 2.17. The first-order chi connectivity index (χ1) is 12.7. The maximum absolute atomic E-state index is 12.1. The van der Waals surface area contributed by atoms with Crippen molar-refractivity contribution in [3.8, 4) is 0 Å². The molecular formula is C21H35IN4O. The average molecular weight is 486 g/mol. The lowest BCUT2D eigenvalue weighted by Crippen LogP contribution is -2.41. The van der Waals surface area contributed by atoms with Crippen LogP contribution in [-0.4, -0.2) is 37.5 Å². The fourth-order valence-corrected chi connectivity index (χ4v) is 3.30. The zero-order valence-corrected chi connectivity index (χ0v) is 19.0. The van der Waals surface area contributed by atoms with Gasteiger partial charge in [-0.05, 0) is 25.3 Å². The fourth-order valence-electron chi connectivity index (χ4n) is 3.30. The van der Waals surface area contributed by atoms with Gasteiger partial charge in [-0.15, -0.1) is 24.0 Å². The van der Waals surface area contributed by atoms with E-state index in [0.29, 0.717) is 31.5 Å². The fraction of sp³-hybridized carbons (Fsp3) is 0.619. The maximum atomic E-state index is 12.1. The predicted molar refractivity (Wildman–Crippen MR) is 124 cm³/mol. The zero-order chi connectivity index (χ0) is 18.6. The number of nitrogens with zero attached hydrogens (tertiary/aromatic N) is 1. The van der Waals surface area contributed by atoms with Gasteiger partial charge in [0.15, 0.2) is 5.96 Å². The molecule has 1 aromatic rings. The Morgan fingerprint density at radius 1 is 1.15 bits per heavy atom. The second kappa shape index (κ2) is 13.8. The lowest BCUT2D eigenvalue weighted by atomic mass is 9.95. The third-order valence-electron chi connectivity index (χ3n) is 4.85.